The molecule has 1 amide bonds. The molecule has 1 saturated heterocycles. The lowest BCUT2D eigenvalue weighted by Gasteiger charge is -2.17. The summed E-state index contributed by atoms with van der Waals surface area (Å²) in [6.45, 7) is 0.502. The van der Waals surface area contributed by atoms with Crippen molar-refractivity contribution in [2.24, 2.45) is 5.92 Å². The molecule has 1 fully saturated rings. The second-order valence-electron chi connectivity index (χ2n) is 7.18. The Morgan fingerprint density at radius 3 is 2.85 bits per heavy atom. The van der Waals surface area contributed by atoms with Crippen LogP contribution in [0.25, 0.3) is 0 Å². The Labute approximate surface area is 156 Å². The van der Waals surface area contributed by atoms with Crippen molar-refractivity contribution in [1.82, 2.24) is 10.1 Å². The average Bonchev–Trinajstić information content (AvgIpc) is 3.32. The molecule has 2 aromatic rings. The van der Waals surface area contributed by atoms with Crippen molar-refractivity contribution in [3.63, 3.8) is 0 Å². The van der Waals surface area contributed by atoms with Gasteiger partial charge in [0.15, 0.2) is 5.69 Å². The second kappa shape index (κ2) is 7.06. The van der Waals surface area contributed by atoms with E-state index in [-0.39, 0.29) is 18.4 Å². The number of amides is 1. The Bertz CT molecular complexity index is 875. The Morgan fingerprint density at radius 1 is 1.26 bits per heavy atom. The van der Waals surface area contributed by atoms with Crippen LogP contribution in [0.2, 0.25) is 0 Å². The number of carbonyl (C=O) groups excluding carboxylic acids is 1. The lowest BCUT2D eigenvalue weighted by Crippen LogP contribution is -2.31. The number of aliphatic carboxylic acids is 1. The number of aromatic nitrogens is 1. The SMILES string of the molecule is COc1cccc([C@@H]2CN(C(=O)c3noc4c3CCCC4)C[C@H]2C(=O)O)c1. The highest BCUT2D eigenvalue weighted by Crippen LogP contribution is 2.36. The molecule has 0 unspecified atom stereocenters. The van der Waals surface area contributed by atoms with Crippen LogP contribution < -0.4 is 4.74 Å². The summed E-state index contributed by atoms with van der Waals surface area (Å²) in [5, 5.41) is 13.7. The number of likely N-dealkylation sites (tertiary alicyclic amines) is 1. The molecule has 2 heterocycles. The van der Waals surface area contributed by atoms with Crippen LogP contribution in [0.1, 0.15) is 46.1 Å². The highest BCUT2D eigenvalue weighted by molar-refractivity contribution is 5.94. The van der Waals surface area contributed by atoms with Gasteiger partial charge in [-0.15, -0.1) is 0 Å². The van der Waals surface area contributed by atoms with E-state index in [4.69, 9.17) is 9.26 Å². The van der Waals surface area contributed by atoms with Gasteiger partial charge >= 0.3 is 5.97 Å². The molecule has 7 heteroatoms. The molecule has 2 aliphatic rings. The van der Waals surface area contributed by atoms with Crippen LogP contribution >= 0.6 is 0 Å². The van der Waals surface area contributed by atoms with Gasteiger partial charge in [-0.1, -0.05) is 17.3 Å². The second-order valence-corrected chi connectivity index (χ2v) is 7.18. The van der Waals surface area contributed by atoms with Gasteiger partial charge in [0.05, 0.1) is 13.0 Å². The first-order valence-electron chi connectivity index (χ1n) is 9.22. The highest BCUT2D eigenvalue weighted by atomic mass is 16.5. The van der Waals surface area contributed by atoms with Crippen molar-refractivity contribution in [3.8, 4) is 5.75 Å². The van der Waals surface area contributed by atoms with Crippen LogP contribution in [0.15, 0.2) is 28.8 Å². The van der Waals surface area contributed by atoms with Gasteiger partial charge in [-0.25, -0.2) is 0 Å². The number of hydrogen-bond donors (Lipinski definition) is 1. The van der Waals surface area contributed by atoms with E-state index in [0.29, 0.717) is 18.0 Å². The molecule has 1 N–H and O–H groups in total. The van der Waals surface area contributed by atoms with Crippen molar-refractivity contribution in [3.05, 3.63) is 46.8 Å². The van der Waals surface area contributed by atoms with Gasteiger partial charge in [0.1, 0.15) is 11.5 Å². The minimum atomic E-state index is -0.902. The van der Waals surface area contributed by atoms with Gasteiger partial charge in [-0.05, 0) is 37.0 Å². The van der Waals surface area contributed by atoms with Gasteiger partial charge in [-0.3, -0.25) is 9.59 Å². The first kappa shape index (κ1) is 17.6. The Kier molecular flexibility index (Phi) is 4.59. The number of carboxylic acids is 1. The molecule has 1 aromatic carbocycles. The van der Waals surface area contributed by atoms with Gasteiger partial charge in [0, 0.05) is 31.0 Å². The third-order valence-electron chi connectivity index (χ3n) is 5.60. The Hall–Kier alpha value is -2.83. The molecular formula is C20H22N2O5. The van der Waals surface area contributed by atoms with Crippen LogP contribution in [0.4, 0.5) is 0 Å². The van der Waals surface area contributed by atoms with Crippen molar-refractivity contribution < 1.29 is 24.0 Å². The number of benzene rings is 1. The molecule has 0 spiro atoms. The fourth-order valence-electron chi connectivity index (χ4n) is 4.13. The zero-order valence-corrected chi connectivity index (χ0v) is 15.2. The number of rotatable bonds is 4. The maximum atomic E-state index is 13.0. The molecule has 7 nitrogen and oxygen atoms in total. The van der Waals surface area contributed by atoms with Crippen molar-refractivity contribution in [2.75, 3.05) is 20.2 Å². The van der Waals surface area contributed by atoms with Gasteiger partial charge in [0.2, 0.25) is 0 Å². The maximum absolute atomic E-state index is 13.0. The number of nitrogens with zero attached hydrogens (tertiary/aromatic N) is 2. The van der Waals surface area contributed by atoms with Gasteiger partial charge in [-0.2, -0.15) is 0 Å². The Morgan fingerprint density at radius 2 is 2.07 bits per heavy atom. The Balaban J connectivity index is 1.60. The summed E-state index contributed by atoms with van der Waals surface area (Å²) in [6.07, 6.45) is 3.65. The van der Waals surface area contributed by atoms with Gasteiger partial charge < -0.3 is 19.3 Å². The summed E-state index contributed by atoms with van der Waals surface area (Å²) in [7, 11) is 1.58. The summed E-state index contributed by atoms with van der Waals surface area (Å²) >= 11 is 0. The van der Waals surface area contributed by atoms with Crippen LogP contribution in [-0.4, -0.2) is 47.2 Å². The number of carbonyl (C=O) groups is 2. The van der Waals surface area contributed by atoms with E-state index in [1.165, 1.54) is 0 Å². The third kappa shape index (κ3) is 3.18. The first-order chi connectivity index (χ1) is 13.1. The topological polar surface area (TPSA) is 92.9 Å². The number of fused-ring (bicyclic) bond motifs is 1. The summed E-state index contributed by atoms with van der Waals surface area (Å²) < 4.78 is 10.6. The zero-order chi connectivity index (χ0) is 19.0. The minimum absolute atomic E-state index is 0.164. The molecule has 142 valence electrons. The molecule has 2 atom stereocenters. The minimum Gasteiger partial charge on any atom is -0.497 e. The molecule has 1 aliphatic heterocycles. The summed E-state index contributed by atoms with van der Waals surface area (Å²) in [6, 6.07) is 7.38. The van der Waals surface area contributed by atoms with E-state index in [9.17, 15) is 14.7 Å². The summed E-state index contributed by atoms with van der Waals surface area (Å²) in [5.41, 5.74) is 2.10. The van der Waals surface area contributed by atoms with Crippen molar-refractivity contribution in [1.29, 1.82) is 0 Å². The predicted octanol–water partition coefficient (Wildman–Crippen LogP) is 2.50. The standard InChI is InChI=1S/C20H22N2O5/c1-26-13-6-4-5-12(9-13)15-10-22(11-16(15)20(24)25)19(23)18-14-7-2-3-8-17(14)27-21-18/h4-6,9,15-16H,2-3,7-8,10-11H2,1H3,(H,24,25)/t15-,16+/m0/s1. The lowest BCUT2D eigenvalue weighted by molar-refractivity contribution is -0.141. The fourth-order valence-corrected chi connectivity index (χ4v) is 4.13. The number of aryl methyl sites for hydroxylation is 1. The normalized spacial score (nSPS) is 21.7. The number of methoxy groups -OCH3 is 1. The highest BCUT2D eigenvalue weighted by Gasteiger charge is 2.42. The van der Waals surface area contributed by atoms with Crippen molar-refractivity contribution >= 4 is 11.9 Å². The average molecular weight is 370 g/mol. The maximum Gasteiger partial charge on any atom is 0.308 e. The first-order valence-corrected chi connectivity index (χ1v) is 9.22. The number of ether oxygens (including phenoxy) is 1. The number of hydrogen-bond acceptors (Lipinski definition) is 5. The molecule has 4 rings (SSSR count). The smallest absolute Gasteiger partial charge is 0.308 e. The van der Waals surface area contributed by atoms with Crippen LogP contribution in [0.5, 0.6) is 5.75 Å². The molecule has 27 heavy (non-hydrogen) atoms. The largest absolute Gasteiger partial charge is 0.497 e. The lowest BCUT2D eigenvalue weighted by atomic mass is 9.89. The molecule has 1 aromatic heterocycles. The van der Waals surface area contributed by atoms with E-state index in [1.54, 1.807) is 12.0 Å². The van der Waals surface area contributed by atoms with E-state index >= 15 is 0 Å². The summed E-state index contributed by atoms with van der Waals surface area (Å²) in [5.74, 6) is -0.623. The third-order valence-corrected chi connectivity index (χ3v) is 5.60. The van der Waals surface area contributed by atoms with E-state index in [1.807, 2.05) is 24.3 Å². The monoisotopic (exact) mass is 370 g/mol. The van der Waals surface area contributed by atoms with Gasteiger partial charge in [0.25, 0.3) is 5.91 Å². The van der Waals surface area contributed by atoms with Crippen molar-refractivity contribution in [2.45, 2.75) is 31.6 Å². The fraction of sp³-hybridized carbons (Fsp3) is 0.450. The van der Waals surface area contributed by atoms with E-state index < -0.39 is 11.9 Å². The quantitative estimate of drug-likeness (QED) is 0.889. The molecule has 0 saturated carbocycles. The predicted molar refractivity (Wildman–Crippen MR) is 95.9 cm³/mol. The molecule has 1 aliphatic carbocycles. The van der Waals surface area contributed by atoms with Crippen LogP contribution in [0, 0.1) is 5.92 Å². The van der Waals surface area contributed by atoms with Crippen LogP contribution in [0.3, 0.4) is 0 Å². The van der Waals surface area contributed by atoms with E-state index in [2.05, 4.69) is 5.16 Å². The number of carboxylic acid groups (broad SMARTS) is 1. The molecular weight excluding hydrogens is 348 g/mol. The zero-order valence-electron chi connectivity index (χ0n) is 15.2. The van der Waals surface area contributed by atoms with E-state index in [0.717, 1.165) is 42.6 Å². The molecule has 0 radical (unpaired) electrons. The van der Waals surface area contributed by atoms with Crippen LogP contribution in [-0.2, 0) is 17.6 Å². The summed E-state index contributed by atoms with van der Waals surface area (Å²) in [4.78, 5) is 26.5. The molecule has 0 bridgehead atoms.